The number of aromatic nitrogens is 2. The molecule has 0 aliphatic heterocycles. The van der Waals surface area contributed by atoms with E-state index in [4.69, 9.17) is 0 Å². The summed E-state index contributed by atoms with van der Waals surface area (Å²) >= 11 is 0. The largest absolute Gasteiger partial charge is 0.358 e. The smallest absolute Gasteiger partial charge is 0.342 e. The third kappa shape index (κ3) is 1.96. The maximum Gasteiger partial charge on any atom is 0.342 e. The van der Waals surface area contributed by atoms with Crippen molar-refractivity contribution >= 4 is 17.7 Å². The maximum atomic E-state index is 12.4. The molecule has 0 radical (unpaired) electrons. The van der Waals surface area contributed by atoms with E-state index >= 15 is 0 Å². The van der Waals surface area contributed by atoms with E-state index in [1.54, 1.807) is 19.2 Å². The zero-order valence-corrected chi connectivity index (χ0v) is 11.6. The van der Waals surface area contributed by atoms with Gasteiger partial charge in [0.05, 0.1) is 7.05 Å². The highest BCUT2D eigenvalue weighted by Crippen LogP contribution is 2.37. The first-order valence-electron chi connectivity index (χ1n) is 6.52. The molecule has 106 valence electrons. The van der Waals surface area contributed by atoms with E-state index in [1.165, 1.54) is 10.8 Å². The summed E-state index contributed by atoms with van der Waals surface area (Å²) in [5.74, 6) is 0.232. The van der Waals surface area contributed by atoms with Gasteiger partial charge in [0.15, 0.2) is 5.78 Å². The Kier molecular flexibility index (Phi) is 2.94. The van der Waals surface area contributed by atoms with Gasteiger partial charge >= 0.3 is 5.82 Å². The van der Waals surface area contributed by atoms with Crippen LogP contribution in [0.5, 0.6) is 0 Å². The number of fused-ring (bicyclic) bond motifs is 1. The fourth-order valence-electron chi connectivity index (χ4n) is 2.65. The van der Waals surface area contributed by atoms with Crippen molar-refractivity contribution in [1.29, 1.82) is 0 Å². The van der Waals surface area contributed by atoms with Gasteiger partial charge in [-0.05, 0) is 10.5 Å². The van der Waals surface area contributed by atoms with E-state index in [0.29, 0.717) is 17.0 Å². The molecule has 1 unspecified atom stereocenters. The number of hydrogen-bond acceptors (Lipinski definition) is 4. The number of Topliss-reactive ketones (excluding diaryl/α,β-unsaturated/α-hetero) is 1. The van der Waals surface area contributed by atoms with Crippen molar-refractivity contribution in [1.82, 2.24) is 9.55 Å². The van der Waals surface area contributed by atoms with E-state index in [-0.39, 0.29) is 17.5 Å². The first-order valence-corrected chi connectivity index (χ1v) is 6.52. The van der Waals surface area contributed by atoms with Gasteiger partial charge in [-0.2, -0.15) is 0 Å². The van der Waals surface area contributed by atoms with Crippen molar-refractivity contribution < 1.29 is 9.72 Å². The Hall–Kier alpha value is -2.76. The first-order chi connectivity index (χ1) is 10.0. The van der Waals surface area contributed by atoms with Crippen LogP contribution in [0.1, 0.15) is 34.6 Å². The molecule has 1 aliphatic rings. The van der Waals surface area contributed by atoms with E-state index in [1.807, 2.05) is 25.1 Å². The number of carbonyl (C=O) groups excluding carboxylic acids is 1. The molecule has 0 bridgehead atoms. The second-order valence-corrected chi connectivity index (χ2v) is 5.03. The third-order valence-electron chi connectivity index (χ3n) is 3.87. The molecule has 2 aromatic rings. The summed E-state index contributed by atoms with van der Waals surface area (Å²) in [5.41, 5.74) is 2.29. The van der Waals surface area contributed by atoms with Crippen LogP contribution < -0.4 is 0 Å². The minimum atomic E-state index is -0.496. The average Bonchev–Trinajstić information content (AvgIpc) is 2.94. The molecule has 21 heavy (non-hydrogen) atoms. The minimum Gasteiger partial charge on any atom is -0.358 e. The summed E-state index contributed by atoms with van der Waals surface area (Å²) in [6, 6.07) is 7.46. The maximum absolute atomic E-state index is 12.4. The Bertz CT molecular complexity index is 789. The Morgan fingerprint density at radius 1 is 1.38 bits per heavy atom. The summed E-state index contributed by atoms with van der Waals surface area (Å²) in [7, 11) is 1.56. The van der Waals surface area contributed by atoms with Gasteiger partial charge < -0.3 is 10.1 Å². The van der Waals surface area contributed by atoms with Crippen LogP contribution in [0.4, 0.5) is 5.82 Å². The van der Waals surface area contributed by atoms with Gasteiger partial charge in [0, 0.05) is 23.1 Å². The number of allylic oxidation sites excluding steroid dienone is 1. The summed E-state index contributed by atoms with van der Waals surface area (Å²) in [6.45, 7) is 1.95. The molecule has 0 fully saturated rings. The lowest BCUT2D eigenvalue weighted by Crippen LogP contribution is -2.02. The zero-order chi connectivity index (χ0) is 15.1. The first kappa shape index (κ1) is 13.2. The predicted molar refractivity (Wildman–Crippen MR) is 77.0 cm³/mol. The number of nitrogens with zero attached hydrogens (tertiary/aromatic N) is 3. The number of carbonyl (C=O) groups is 1. The summed E-state index contributed by atoms with van der Waals surface area (Å²) < 4.78 is 1.37. The van der Waals surface area contributed by atoms with Crippen LogP contribution in [0.2, 0.25) is 0 Å². The molecule has 1 aliphatic carbocycles. The fourth-order valence-corrected chi connectivity index (χ4v) is 2.65. The van der Waals surface area contributed by atoms with Crippen molar-refractivity contribution in [3.63, 3.8) is 0 Å². The Labute approximate surface area is 120 Å². The number of benzene rings is 1. The van der Waals surface area contributed by atoms with E-state index in [9.17, 15) is 14.9 Å². The monoisotopic (exact) mass is 283 g/mol. The van der Waals surface area contributed by atoms with E-state index < -0.39 is 4.92 Å². The second-order valence-electron chi connectivity index (χ2n) is 5.03. The van der Waals surface area contributed by atoms with Crippen molar-refractivity contribution in [2.24, 2.45) is 7.05 Å². The van der Waals surface area contributed by atoms with Crippen LogP contribution >= 0.6 is 0 Å². The molecular weight excluding hydrogens is 270 g/mol. The molecule has 1 aromatic heterocycles. The Balaban J connectivity index is 2.06. The number of ketones is 1. The lowest BCUT2D eigenvalue weighted by molar-refractivity contribution is -0.391. The number of imidazole rings is 1. The quantitative estimate of drug-likeness (QED) is 0.482. The highest BCUT2D eigenvalue weighted by atomic mass is 16.6. The van der Waals surface area contributed by atoms with Crippen LogP contribution in [0.3, 0.4) is 0 Å². The molecular formula is C15H13N3O3. The van der Waals surface area contributed by atoms with Gasteiger partial charge in [-0.25, -0.2) is 9.55 Å². The summed E-state index contributed by atoms with van der Waals surface area (Å²) in [5, 5.41) is 10.8. The van der Waals surface area contributed by atoms with Gasteiger partial charge in [-0.3, -0.25) is 4.79 Å². The lowest BCUT2D eigenvalue weighted by atomic mass is 10.00. The topological polar surface area (TPSA) is 78.0 Å². The van der Waals surface area contributed by atoms with Crippen LogP contribution in [-0.4, -0.2) is 20.3 Å². The van der Waals surface area contributed by atoms with Crippen molar-refractivity contribution in [3.05, 3.63) is 63.1 Å². The summed E-state index contributed by atoms with van der Waals surface area (Å²) in [4.78, 5) is 26.8. The number of rotatable bonds is 2. The Morgan fingerprint density at radius 3 is 2.71 bits per heavy atom. The molecule has 0 spiro atoms. The van der Waals surface area contributed by atoms with Crippen LogP contribution in [0, 0.1) is 10.1 Å². The van der Waals surface area contributed by atoms with Gasteiger partial charge in [-0.1, -0.05) is 31.2 Å². The van der Waals surface area contributed by atoms with Crippen LogP contribution in [0.15, 0.2) is 36.0 Å². The van der Waals surface area contributed by atoms with Crippen molar-refractivity contribution in [2.45, 2.75) is 12.8 Å². The molecule has 3 rings (SSSR count). The van der Waals surface area contributed by atoms with Crippen LogP contribution in [-0.2, 0) is 7.05 Å². The third-order valence-corrected chi connectivity index (χ3v) is 3.87. The standard InChI is InChI=1S/C15H13N3O3/c1-9-10-5-3-4-6-11(10)15(19)12(9)7-13-16-8-14(17(13)2)18(20)21/h3-9H,1-2H3. The van der Waals surface area contributed by atoms with Gasteiger partial charge in [0.1, 0.15) is 6.20 Å². The zero-order valence-electron chi connectivity index (χ0n) is 11.6. The molecule has 0 saturated carbocycles. The van der Waals surface area contributed by atoms with Gasteiger partial charge in [0.2, 0.25) is 5.82 Å². The van der Waals surface area contributed by atoms with Crippen molar-refractivity contribution in [2.75, 3.05) is 0 Å². The normalized spacial score (nSPS) is 19.0. The molecule has 1 heterocycles. The number of nitro groups is 1. The predicted octanol–water partition coefficient (Wildman–Crippen LogP) is 2.71. The molecule has 0 N–H and O–H groups in total. The SMILES string of the molecule is CC1C(=Cc2ncc([N+](=O)[O-])n2C)C(=O)c2ccccc21. The molecule has 6 heteroatoms. The minimum absolute atomic E-state index is 0.0375. The second kappa shape index (κ2) is 4.66. The summed E-state index contributed by atoms with van der Waals surface area (Å²) in [6.07, 6.45) is 2.84. The Morgan fingerprint density at radius 2 is 2.10 bits per heavy atom. The molecule has 1 aromatic carbocycles. The van der Waals surface area contributed by atoms with Gasteiger partial charge in [-0.15, -0.1) is 0 Å². The molecule has 6 nitrogen and oxygen atoms in total. The molecule has 1 atom stereocenters. The van der Waals surface area contributed by atoms with E-state index in [2.05, 4.69) is 4.98 Å². The van der Waals surface area contributed by atoms with Crippen molar-refractivity contribution in [3.8, 4) is 0 Å². The molecule has 0 amide bonds. The highest BCUT2D eigenvalue weighted by molar-refractivity contribution is 6.16. The lowest BCUT2D eigenvalue weighted by Gasteiger charge is -2.04. The number of hydrogen-bond donors (Lipinski definition) is 0. The van der Waals surface area contributed by atoms with E-state index in [0.717, 1.165) is 5.56 Å². The molecule has 0 saturated heterocycles. The van der Waals surface area contributed by atoms with Gasteiger partial charge in [0.25, 0.3) is 0 Å². The van der Waals surface area contributed by atoms with Crippen LogP contribution in [0.25, 0.3) is 6.08 Å². The highest BCUT2D eigenvalue weighted by Gasteiger charge is 2.32. The fraction of sp³-hybridized carbons (Fsp3) is 0.200. The average molecular weight is 283 g/mol.